The number of nitrogens with zero attached hydrogens (tertiary/aromatic N) is 1. The average molecular weight is 245 g/mol. The molecular weight excluding hydrogens is 226 g/mol. The number of hydrogen-bond donors (Lipinski definition) is 0. The highest BCUT2D eigenvalue weighted by molar-refractivity contribution is 5.92. The fourth-order valence-electron chi connectivity index (χ4n) is 2.99. The second kappa shape index (κ2) is 4.30. The van der Waals surface area contributed by atoms with Crippen LogP contribution in [0.15, 0.2) is 24.3 Å². The average Bonchev–Trinajstić information content (AvgIpc) is 3.04. The predicted molar refractivity (Wildman–Crippen MR) is 69.7 cm³/mol. The van der Waals surface area contributed by atoms with E-state index in [1.807, 2.05) is 29.2 Å². The maximum atomic E-state index is 12.7. The predicted octanol–water partition coefficient (Wildman–Crippen LogP) is 2.35. The second-order valence-corrected chi connectivity index (χ2v) is 5.28. The lowest BCUT2D eigenvalue weighted by atomic mass is 9.93. The number of para-hydroxylation sites is 1. The molecule has 96 valence electrons. The molecule has 0 atom stereocenters. The zero-order chi connectivity index (χ0) is 12.6. The van der Waals surface area contributed by atoms with Crippen LogP contribution in [-0.2, 0) is 10.2 Å². The van der Waals surface area contributed by atoms with Gasteiger partial charge in [0.05, 0.1) is 12.5 Å². The van der Waals surface area contributed by atoms with Crippen molar-refractivity contribution in [3.05, 3.63) is 29.8 Å². The first kappa shape index (κ1) is 11.6. The molecule has 1 aromatic carbocycles. The summed E-state index contributed by atoms with van der Waals surface area (Å²) in [6.45, 7) is 1.85. The molecule has 0 unspecified atom stereocenters. The Kier molecular flexibility index (Phi) is 2.77. The minimum atomic E-state index is -0.281. The molecule has 1 saturated heterocycles. The minimum absolute atomic E-state index is 0.281. The summed E-state index contributed by atoms with van der Waals surface area (Å²) in [4.78, 5) is 14.7. The van der Waals surface area contributed by atoms with Gasteiger partial charge in [-0.3, -0.25) is 4.79 Å². The van der Waals surface area contributed by atoms with Gasteiger partial charge in [0.15, 0.2) is 0 Å². The summed E-state index contributed by atoms with van der Waals surface area (Å²) < 4.78 is 5.41. The number of rotatable bonds is 3. The van der Waals surface area contributed by atoms with Crippen LogP contribution >= 0.6 is 0 Å². The van der Waals surface area contributed by atoms with E-state index >= 15 is 0 Å². The Balaban J connectivity index is 1.92. The summed E-state index contributed by atoms with van der Waals surface area (Å²) in [5.41, 5.74) is 0.793. The van der Waals surface area contributed by atoms with Crippen molar-refractivity contribution in [3.8, 4) is 5.75 Å². The first-order chi connectivity index (χ1) is 8.78. The van der Waals surface area contributed by atoms with Crippen LogP contribution in [0.2, 0.25) is 0 Å². The first-order valence-corrected chi connectivity index (χ1v) is 6.71. The van der Waals surface area contributed by atoms with Gasteiger partial charge >= 0.3 is 0 Å². The van der Waals surface area contributed by atoms with E-state index < -0.39 is 0 Å². The molecule has 0 spiro atoms. The molecule has 0 N–H and O–H groups in total. The van der Waals surface area contributed by atoms with E-state index in [2.05, 4.69) is 0 Å². The van der Waals surface area contributed by atoms with Crippen LogP contribution in [0.5, 0.6) is 5.75 Å². The summed E-state index contributed by atoms with van der Waals surface area (Å²) >= 11 is 0. The third-order valence-electron chi connectivity index (χ3n) is 4.18. The molecule has 3 nitrogen and oxygen atoms in total. The Morgan fingerprint density at radius 1 is 1.22 bits per heavy atom. The SMILES string of the molecule is COc1ccccc1C1(C(=O)N2CCCC2)CC1. The molecule has 1 heterocycles. The maximum Gasteiger partial charge on any atom is 0.233 e. The van der Waals surface area contributed by atoms with Gasteiger partial charge in [0.1, 0.15) is 5.75 Å². The van der Waals surface area contributed by atoms with E-state index in [-0.39, 0.29) is 5.41 Å². The molecule has 1 aliphatic heterocycles. The number of ether oxygens (including phenoxy) is 1. The van der Waals surface area contributed by atoms with E-state index in [0.29, 0.717) is 5.91 Å². The van der Waals surface area contributed by atoms with E-state index in [4.69, 9.17) is 4.74 Å². The molecule has 0 radical (unpaired) electrons. The van der Waals surface area contributed by atoms with Crippen LogP contribution < -0.4 is 4.74 Å². The molecule has 3 heteroatoms. The Hall–Kier alpha value is -1.51. The fraction of sp³-hybridized carbons (Fsp3) is 0.533. The smallest absolute Gasteiger partial charge is 0.233 e. The van der Waals surface area contributed by atoms with Gasteiger partial charge < -0.3 is 9.64 Å². The molecule has 1 aliphatic carbocycles. The molecule has 18 heavy (non-hydrogen) atoms. The lowest BCUT2D eigenvalue weighted by molar-refractivity contribution is -0.132. The minimum Gasteiger partial charge on any atom is -0.496 e. The largest absolute Gasteiger partial charge is 0.496 e. The highest BCUT2D eigenvalue weighted by Crippen LogP contribution is 2.52. The van der Waals surface area contributed by atoms with Crippen LogP contribution in [0.25, 0.3) is 0 Å². The number of benzene rings is 1. The zero-order valence-corrected chi connectivity index (χ0v) is 10.8. The number of methoxy groups -OCH3 is 1. The third kappa shape index (κ3) is 1.69. The summed E-state index contributed by atoms with van der Waals surface area (Å²) in [6.07, 6.45) is 4.22. The highest BCUT2D eigenvalue weighted by atomic mass is 16.5. The van der Waals surface area contributed by atoms with Crippen LogP contribution in [0.1, 0.15) is 31.2 Å². The zero-order valence-electron chi connectivity index (χ0n) is 10.8. The van der Waals surface area contributed by atoms with E-state index in [0.717, 1.165) is 50.1 Å². The van der Waals surface area contributed by atoms with Crippen LogP contribution in [0.3, 0.4) is 0 Å². The van der Waals surface area contributed by atoms with E-state index in [1.165, 1.54) is 0 Å². The van der Waals surface area contributed by atoms with E-state index in [9.17, 15) is 4.79 Å². The van der Waals surface area contributed by atoms with Crippen molar-refractivity contribution in [2.45, 2.75) is 31.1 Å². The van der Waals surface area contributed by atoms with Crippen molar-refractivity contribution in [1.82, 2.24) is 4.90 Å². The van der Waals surface area contributed by atoms with Gasteiger partial charge in [0.25, 0.3) is 0 Å². The van der Waals surface area contributed by atoms with Gasteiger partial charge in [-0.05, 0) is 31.7 Å². The highest BCUT2D eigenvalue weighted by Gasteiger charge is 2.54. The number of carbonyl (C=O) groups excluding carboxylic acids is 1. The van der Waals surface area contributed by atoms with Gasteiger partial charge in [-0.25, -0.2) is 0 Å². The Bertz CT molecular complexity index is 459. The lowest BCUT2D eigenvalue weighted by Crippen LogP contribution is -2.37. The Labute approximate surface area is 108 Å². The molecular formula is C15H19NO2. The van der Waals surface area contributed by atoms with Crippen LogP contribution in [-0.4, -0.2) is 31.0 Å². The van der Waals surface area contributed by atoms with Crippen molar-refractivity contribution >= 4 is 5.91 Å². The third-order valence-corrected chi connectivity index (χ3v) is 4.18. The molecule has 1 saturated carbocycles. The van der Waals surface area contributed by atoms with Gasteiger partial charge in [0.2, 0.25) is 5.91 Å². The first-order valence-electron chi connectivity index (χ1n) is 6.71. The Morgan fingerprint density at radius 2 is 1.89 bits per heavy atom. The summed E-state index contributed by atoms with van der Waals surface area (Å²) in [7, 11) is 1.68. The number of likely N-dealkylation sites (tertiary alicyclic amines) is 1. The molecule has 1 amide bonds. The normalized spacial score (nSPS) is 20.8. The number of carbonyl (C=O) groups is 1. The summed E-state index contributed by atoms with van der Waals surface area (Å²) in [6, 6.07) is 7.94. The number of hydrogen-bond acceptors (Lipinski definition) is 2. The van der Waals surface area contributed by atoms with Crippen molar-refractivity contribution in [3.63, 3.8) is 0 Å². The molecule has 2 fully saturated rings. The van der Waals surface area contributed by atoms with Gasteiger partial charge in [0, 0.05) is 18.7 Å². The summed E-state index contributed by atoms with van der Waals surface area (Å²) in [5, 5.41) is 0. The number of amides is 1. The Morgan fingerprint density at radius 3 is 2.50 bits per heavy atom. The van der Waals surface area contributed by atoms with Crippen molar-refractivity contribution < 1.29 is 9.53 Å². The van der Waals surface area contributed by atoms with Crippen LogP contribution in [0, 0.1) is 0 Å². The van der Waals surface area contributed by atoms with Gasteiger partial charge in [-0.15, -0.1) is 0 Å². The van der Waals surface area contributed by atoms with Crippen LogP contribution in [0.4, 0.5) is 0 Å². The fourth-order valence-corrected chi connectivity index (χ4v) is 2.99. The second-order valence-electron chi connectivity index (χ2n) is 5.28. The van der Waals surface area contributed by atoms with Crippen molar-refractivity contribution in [1.29, 1.82) is 0 Å². The molecule has 1 aromatic rings. The van der Waals surface area contributed by atoms with Crippen molar-refractivity contribution in [2.75, 3.05) is 20.2 Å². The monoisotopic (exact) mass is 245 g/mol. The molecule has 3 rings (SSSR count). The summed E-state index contributed by atoms with van der Waals surface area (Å²) in [5.74, 6) is 1.16. The topological polar surface area (TPSA) is 29.5 Å². The quantitative estimate of drug-likeness (QED) is 0.818. The molecule has 0 aromatic heterocycles. The van der Waals surface area contributed by atoms with Crippen molar-refractivity contribution in [2.24, 2.45) is 0 Å². The lowest BCUT2D eigenvalue weighted by Gasteiger charge is -2.24. The maximum absolute atomic E-state index is 12.7. The molecule has 0 bridgehead atoms. The van der Waals surface area contributed by atoms with E-state index in [1.54, 1.807) is 7.11 Å². The molecule has 2 aliphatic rings. The standard InChI is InChI=1S/C15H19NO2/c1-18-13-7-3-2-6-12(13)15(8-9-15)14(17)16-10-4-5-11-16/h2-3,6-7H,4-5,8-11H2,1H3. The van der Waals surface area contributed by atoms with Gasteiger partial charge in [-0.1, -0.05) is 18.2 Å². The van der Waals surface area contributed by atoms with Gasteiger partial charge in [-0.2, -0.15) is 0 Å².